The normalized spacial score (nSPS) is 26.2. The predicted octanol–water partition coefficient (Wildman–Crippen LogP) is 5.07. The van der Waals surface area contributed by atoms with Crippen molar-refractivity contribution < 1.29 is 14.3 Å². The molecule has 0 aliphatic heterocycles. The lowest BCUT2D eigenvalue weighted by Crippen LogP contribution is -2.39. The molecule has 1 rings (SSSR count). The second-order valence-corrected chi connectivity index (χ2v) is 15.7. The van der Waals surface area contributed by atoms with Crippen LogP contribution in [0.2, 0.25) is 24.2 Å². The van der Waals surface area contributed by atoms with Crippen molar-refractivity contribution in [3.63, 3.8) is 0 Å². The lowest BCUT2D eigenvalue weighted by Gasteiger charge is -2.40. The molecule has 0 aromatic rings. The van der Waals surface area contributed by atoms with Crippen molar-refractivity contribution in [3.8, 4) is 0 Å². The lowest BCUT2D eigenvalue weighted by atomic mass is 9.94. The Morgan fingerprint density at radius 2 is 1.61 bits per heavy atom. The van der Waals surface area contributed by atoms with Crippen molar-refractivity contribution in [3.05, 3.63) is 0 Å². The van der Waals surface area contributed by atoms with E-state index in [0.29, 0.717) is 23.3 Å². The number of carbonyl (C=O) groups is 2. The van der Waals surface area contributed by atoms with Gasteiger partial charge in [-0.15, -0.1) is 0 Å². The minimum Gasteiger partial charge on any atom is -0.460 e. The summed E-state index contributed by atoms with van der Waals surface area (Å²) in [6, 6.07) is 1.19. The molecule has 0 spiro atoms. The topological polar surface area (TPSA) is 43.4 Å². The summed E-state index contributed by atoms with van der Waals surface area (Å²) in [7, 11) is -1.42. The molecule has 1 saturated carbocycles. The van der Waals surface area contributed by atoms with Gasteiger partial charge >= 0.3 is 5.97 Å². The van der Waals surface area contributed by atoms with Crippen LogP contribution in [0.5, 0.6) is 0 Å². The van der Waals surface area contributed by atoms with E-state index in [-0.39, 0.29) is 11.9 Å². The van der Waals surface area contributed by atoms with Crippen molar-refractivity contribution >= 4 is 20.3 Å². The highest BCUT2D eigenvalue weighted by molar-refractivity contribution is 6.80. The molecule has 0 heterocycles. The summed E-state index contributed by atoms with van der Waals surface area (Å²) in [6.07, 6.45) is 3.35. The van der Waals surface area contributed by atoms with Gasteiger partial charge in [0, 0.05) is 12.3 Å². The van der Waals surface area contributed by atoms with Crippen LogP contribution in [0.3, 0.4) is 0 Å². The van der Waals surface area contributed by atoms with Crippen LogP contribution in [0.4, 0.5) is 0 Å². The zero-order valence-corrected chi connectivity index (χ0v) is 17.4. The van der Waals surface area contributed by atoms with Gasteiger partial charge in [0.25, 0.3) is 0 Å². The van der Waals surface area contributed by atoms with E-state index in [1.165, 1.54) is 6.04 Å². The zero-order valence-electron chi connectivity index (χ0n) is 16.4. The third-order valence-electron chi connectivity index (χ3n) is 5.72. The van der Waals surface area contributed by atoms with Crippen molar-refractivity contribution in [1.82, 2.24) is 0 Å². The molecule has 0 aromatic heterocycles. The number of hydrogen-bond acceptors (Lipinski definition) is 3. The minimum absolute atomic E-state index is 0.116. The Bertz CT molecular complexity index is 429. The zero-order chi connectivity index (χ0) is 18.1. The fourth-order valence-corrected chi connectivity index (χ4v) is 5.85. The molecular weight excluding hydrogens is 304 g/mol. The van der Waals surface area contributed by atoms with Crippen molar-refractivity contribution in [2.75, 3.05) is 0 Å². The third kappa shape index (κ3) is 6.05. The first-order valence-corrected chi connectivity index (χ1v) is 12.1. The van der Waals surface area contributed by atoms with Gasteiger partial charge in [-0.1, -0.05) is 39.9 Å². The Morgan fingerprint density at radius 1 is 1.09 bits per heavy atom. The molecule has 0 amide bonds. The number of carbonyl (C=O) groups excluding carboxylic acids is 2. The van der Waals surface area contributed by atoms with Gasteiger partial charge in [-0.3, -0.25) is 4.79 Å². The average Bonchev–Trinajstić information content (AvgIpc) is 2.66. The van der Waals surface area contributed by atoms with Crippen LogP contribution in [0.1, 0.15) is 60.8 Å². The molecule has 1 aliphatic carbocycles. The van der Waals surface area contributed by atoms with E-state index in [1.54, 1.807) is 0 Å². The summed E-state index contributed by atoms with van der Waals surface area (Å²) in [4.78, 5) is 23.5. The van der Waals surface area contributed by atoms with E-state index in [0.717, 1.165) is 19.1 Å². The Kier molecular flexibility index (Phi) is 6.28. The van der Waals surface area contributed by atoms with E-state index >= 15 is 0 Å². The molecule has 0 saturated heterocycles. The summed E-state index contributed by atoms with van der Waals surface area (Å²) in [5.74, 6) is 0.791. The first-order chi connectivity index (χ1) is 10.2. The maximum Gasteiger partial charge on any atom is 0.306 e. The van der Waals surface area contributed by atoms with Crippen molar-refractivity contribution in [2.24, 2.45) is 17.8 Å². The molecule has 3 nitrogen and oxygen atoms in total. The fraction of sp³-hybridized carbons (Fsp3) is 0.895. The number of rotatable bonds is 5. The molecule has 0 radical (unpaired) electrons. The van der Waals surface area contributed by atoms with Gasteiger partial charge < -0.3 is 9.53 Å². The van der Waals surface area contributed by atoms with Crippen LogP contribution < -0.4 is 0 Å². The molecule has 0 aromatic carbocycles. The van der Waals surface area contributed by atoms with E-state index in [2.05, 4.69) is 33.9 Å². The van der Waals surface area contributed by atoms with Gasteiger partial charge in [-0.2, -0.15) is 0 Å². The quantitative estimate of drug-likeness (QED) is 0.399. The Balaban J connectivity index is 2.79. The highest BCUT2D eigenvalue weighted by Crippen LogP contribution is 2.47. The Labute approximate surface area is 143 Å². The highest BCUT2D eigenvalue weighted by atomic mass is 28.3. The molecule has 1 fully saturated rings. The highest BCUT2D eigenvalue weighted by Gasteiger charge is 2.43. The minimum atomic E-state index is -1.42. The summed E-state index contributed by atoms with van der Waals surface area (Å²) < 4.78 is 5.50. The molecule has 4 heteroatoms. The van der Waals surface area contributed by atoms with Gasteiger partial charge in [-0.05, 0) is 50.5 Å². The average molecular weight is 341 g/mol. The molecular formula is C19H36O3Si. The van der Waals surface area contributed by atoms with E-state index in [1.807, 2.05) is 20.8 Å². The van der Waals surface area contributed by atoms with Crippen molar-refractivity contribution in [2.45, 2.75) is 90.6 Å². The smallest absolute Gasteiger partial charge is 0.306 e. The van der Waals surface area contributed by atoms with E-state index < -0.39 is 13.7 Å². The Hall–Kier alpha value is -0.643. The van der Waals surface area contributed by atoms with Gasteiger partial charge in [0.05, 0.1) is 8.07 Å². The molecule has 0 N–H and O–H groups in total. The summed E-state index contributed by atoms with van der Waals surface area (Å²) in [5.41, 5.74) is -0.436. The first kappa shape index (κ1) is 20.4. The third-order valence-corrected chi connectivity index (χ3v) is 11.3. The van der Waals surface area contributed by atoms with Gasteiger partial charge in [0.1, 0.15) is 11.9 Å². The standard InChI is InChI=1S/C19H36O3Si/c1-18(2,3)22-17(21)11-15-9-14(12-20)10-16(15)13-23(7,8)19(4,5)6/h12,14-16H,9-11,13H2,1-8H3. The summed E-state index contributed by atoms with van der Waals surface area (Å²) >= 11 is 0. The van der Waals surface area contributed by atoms with Gasteiger partial charge in [0.2, 0.25) is 0 Å². The van der Waals surface area contributed by atoms with Crippen LogP contribution in [0.25, 0.3) is 0 Å². The van der Waals surface area contributed by atoms with Crippen molar-refractivity contribution in [1.29, 1.82) is 0 Å². The number of hydrogen-bond donors (Lipinski definition) is 0. The molecule has 0 bridgehead atoms. The SMILES string of the molecule is CC(C)(C)OC(=O)CC1CC(C=O)CC1C[Si](C)(C)C(C)(C)C. The molecule has 3 atom stereocenters. The summed E-state index contributed by atoms with van der Waals surface area (Å²) in [6.45, 7) is 17.6. The molecule has 3 unspecified atom stereocenters. The molecule has 1 aliphatic rings. The van der Waals surface area contributed by atoms with Gasteiger partial charge in [0.15, 0.2) is 0 Å². The fourth-order valence-electron chi connectivity index (χ4n) is 3.43. The predicted molar refractivity (Wildman–Crippen MR) is 98.2 cm³/mol. The maximum atomic E-state index is 12.2. The Morgan fingerprint density at radius 3 is 2.04 bits per heavy atom. The van der Waals surface area contributed by atoms with E-state index in [9.17, 15) is 9.59 Å². The lowest BCUT2D eigenvalue weighted by molar-refractivity contribution is -0.156. The first-order valence-electron chi connectivity index (χ1n) is 8.92. The van der Waals surface area contributed by atoms with Crippen LogP contribution in [0.15, 0.2) is 0 Å². The number of ether oxygens (including phenoxy) is 1. The van der Waals surface area contributed by atoms with E-state index in [4.69, 9.17) is 4.74 Å². The second kappa shape index (κ2) is 7.08. The van der Waals surface area contributed by atoms with Crippen LogP contribution in [0, 0.1) is 17.8 Å². The molecule has 134 valence electrons. The largest absolute Gasteiger partial charge is 0.460 e. The maximum absolute atomic E-state index is 12.2. The second-order valence-electron chi connectivity index (χ2n) is 10.0. The molecule has 23 heavy (non-hydrogen) atoms. The van der Waals surface area contributed by atoms with Crippen LogP contribution in [-0.2, 0) is 14.3 Å². The monoisotopic (exact) mass is 340 g/mol. The van der Waals surface area contributed by atoms with Crippen LogP contribution >= 0.6 is 0 Å². The number of esters is 1. The van der Waals surface area contributed by atoms with Gasteiger partial charge in [-0.25, -0.2) is 0 Å². The van der Waals surface area contributed by atoms with Crippen LogP contribution in [-0.4, -0.2) is 25.9 Å². The summed E-state index contributed by atoms with van der Waals surface area (Å²) in [5, 5.41) is 0.336. The number of aldehydes is 1.